The van der Waals surface area contributed by atoms with Crippen LogP contribution in [0.2, 0.25) is 0 Å². The lowest BCUT2D eigenvalue weighted by Crippen LogP contribution is -2.54. The Kier molecular flexibility index (Phi) is 4.14. The van der Waals surface area contributed by atoms with Gasteiger partial charge < -0.3 is 14.8 Å². The number of esters is 1. The lowest BCUT2D eigenvalue weighted by molar-refractivity contribution is -0.146. The first-order valence-electron chi connectivity index (χ1n) is 10.7. The molecule has 1 aromatic carbocycles. The largest absolute Gasteiger partial charge is 0.462 e. The molecular formula is C23H31NO3. The molecule has 27 heavy (non-hydrogen) atoms. The van der Waals surface area contributed by atoms with Gasteiger partial charge in [0.1, 0.15) is 11.7 Å². The first-order valence-corrected chi connectivity index (χ1v) is 10.7. The van der Waals surface area contributed by atoms with Crippen LogP contribution in [-0.2, 0) is 20.7 Å². The Morgan fingerprint density at radius 1 is 1.26 bits per heavy atom. The molecule has 2 saturated heterocycles. The van der Waals surface area contributed by atoms with Crippen LogP contribution in [0.15, 0.2) is 30.3 Å². The first-order chi connectivity index (χ1) is 13.1. The fourth-order valence-electron chi connectivity index (χ4n) is 6.60. The Morgan fingerprint density at radius 3 is 2.89 bits per heavy atom. The third kappa shape index (κ3) is 2.60. The summed E-state index contributed by atoms with van der Waals surface area (Å²) < 4.78 is 12.4. The highest BCUT2D eigenvalue weighted by atomic mass is 16.6. The number of carbonyl (C=O) groups excluding carboxylic acids is 1. The standard InChI is InChI=1S/C23H31NO3/c1-15-7-6-11-22(2)13-18-19(20-23(15,22)27-20)17(21(25)26-18)14-24-12-10-16-8-4-3-5-9-16/h3-5,8-9,15,17-20,24H,6-7,10-14H2,1-2H3. The molecule has 0 amide bonds. The van der Waals surface area contributed by atoms with Gasteiger partial charge in [0.25, 0.3) is 0 Å². The van der Waals surface area contributed by atoms with Crippen molar-refractivity contribution in [3.8, 4) is 0 Å². The summed E-state index contributed by atoms with van der Waals surface area (Å²) in [4.78, 5) is 12.6. The van der Waals surface area contributed by atoms with Crippen LogP contribution in [0.25, 0.3) is 0 Å². The zero-order valence-corrected chi connectivity index (χ0v) is 16.4. The van der Waals surface area contributed by atoms with E-state index in [0.29, 0.717) is 12.5 Å². The van der Waals surface area contributed by atoms with Crippen LogP contribution >= 0.6 is 0 Å². The maximum absolute atomic E-state index is 12.6. The number of nitrogens with one attached hydrogen (secondary N) is 1. The maximum Gasteiger partial charge on any atom is 0.311 e. The van der Waals surface area contributed by atoms with E-state index in [9.17, 15) is 4.79 Å². The molecule has 1 spiro atoms. The SMILES string of the molecule is CC1CCCC2(C)CC3OC(=O)C(CNCCc4ccccc4)C3C3OC132. The number of ether oxygens (including phenoxy) is 2. The molecule has 0 radical (unpaired) electrons. The summed E-state index contributed by atoms with van der Waals surface area (Å²) in [6.07, 6.45) is 5.94. The fraction of sp³-hybridized carbons (Fsp3) is 0.696. The van der Waals surface area contributed by atoms with Gasteiger partial charge in [-0.2, -0.15) is 0 Å². The average molecular weight is 370 g/mol. The third-order valence-corrected chi connectivity index (χ3v) is 7.99. The van der Waals surface area contributed by atoms with Gasteiger partial charge in [0.15, 0.2) is 0 Å². The molecule has 7 unspecified atom stereocenters. The summed E-state index contributed by atoms with van der Waals surface area (Å²) in [7, 11) is 0. The monoisotopic (exact) mass is 369 g/mol. The zero-order valence-electron chi connectivity index (χ0n) is 16.4. The summed E-state index contributed by atoms with van der Waals surface area (Å²) in [6, 6.07) is 10.5. The highest BCUT2D eigenvalue weighted by molar-refractivity contribution is 5.76. The van der Waals surface area contributed by atoms with E-state index in [4.69, 9.17) is 9.47 Å². The Labute approximate surface area is 162 Å². The van der Waals surface area contributed by atoms with Crippen molar-refractivity contribution in [1.29, 1.82) is 0 Å². The lowest BCUT2D eigenvalue weighted by atomic mass is 9.53. The topological polar surface area (TPSA) is 50.9 Å². The van der Waals surface area contributed by atoms with Gasteiger partial charge in [0, 0.05) is 17.9 Å². The van der Waals surface area contributed by atoms with Crippen LogP contribution in [0.5, 0.6) is 0 Å². The Morgan fingerprint density at radius 2 is 2.07 bits per heavy atom. The molecule has 0 aromatic heterocycles. The van der Waals surface area contributed by atoms with Crippen LogP contribution in [-0.4, -0.2) is 36.9 Å². The van der Waals surface area contributed by atoms with Crippen LogP contribution in [0, 0.1) is 23.2 Å². The second kappa shape index (κ2) is 6.31. The minimum absolute atomic E-state index is 0.00266. The van der Waals surface area contributed by atoms with Gasteiger partial charge in [-0.25, -0.2) is 0 Å². The van der Waals surface area contributed by atoms with Gasteiger partial charge in [0.2, 0.25) is 0 Å². The minimum Gasteiger partial charge on any atom is -0.462 e. The quantitative estimate of drug-likeness (QED) is 0.491. The summed E-state index contributed by atoms with van der Waals surface area (Å²) in [6.45, 7) is 6.31. The smallest absolute Gasteiger partial charge is 0.311 e. The van der Waals surface area contributed by atoms with Crippen molar-refractivity contribution in [3.63, 3.8) is 0 Å². The summed E-state index contributed by atoms with van der Waals surface area (Å²) in [5.41, 5.74) is 1.50. The van der Waals surface area contributed by atoms with Gasteiger partial charge >= 0.3 is 5.97 Å². The van der Waals surface area contributed by atoms with Crippen molar-refractivity contribution < 1.29 is 14.3 Å². The van der Waals surface area contributed by atoms with Gasteiger partial charge in [-0.15, -0.1) is 0 Å². The fourth-order valence-corrected chi connectivity index (χ4v) is 6.60. The molecule has 146 valence electrons. The highest BCUT2D eigenvalue weighted by Crippen LogP contribution is 2.70. The van der Waals surface area contributed by atoms with Crippen molar-refractivity contribution in [1.82, 2.24) is 5.32 Å². The number of fused-ring (bicyclic) bond motifs is 2. The predicted octanol–water partition coefficient (Wildman–Crippen LogP) is 3.34. The van der Waals surface area contributed by atoms with Gasteiger partial charge in [0.05, 0.1) is 12.0 Å². The molecule has 7 atom stereocenters. The summed E-state index contributed by atoms with van der Waals surface area (Å²) in [5.74, 6) is 0.742. The van der Waals surface area contributed by atoms with Crippen molar-refractivity contribution >= 4 is 5.97 Å². The molecule has 4 nitrogen and oxygen atoms in total. The third-order valence-electron chi connectivity index (χ3n) is 7.99. The molecule has 4 fully saturated rings. The number of carbonyl (C=O) groups is 1. The predicted molar refractivity (Wildman–Crippen MR) is 103 cm³/mol. The average Bonchev–Trinajstić information content (AvgIpc) is 3.34. The normalized spacial score (nSPS) is 44.8. The molecule has 2 heterocycles. The van der Waals surface area contributed by atoms with E-state index < -0.39 is 0 Å². The van der Waals surface area contributed by atoms with Crippen LogP contribution in [0.1, 0.15) is 45.1 Å². The van der Waals surface area contributed by atoms with Gasteiger partial charge in [-0.05, 0) is 43.7 Å². The van der Waals surface area contributed by atoms with E-state index in [2.05, 4.69) is 43.4 Å². The molecule has 2 saturated carbocycles. The molecule has 1 N–H and O–H groups in total. The molecule has 0 bridgehead atoms. The van der Waals surface area contributed by atoms with Gasteiger partial charge in [-0.1, -0.05) is 50.6 Å². The Bertz CT molecular complexity index is 722. The van der Waals surface area contributed by atoms with Crippen LogP contribution in [0.4, 0.5) is 0 Å². The summed E-state index contributed by atoms with van der Waals surface area (Å²) in [5, 5.41) is 3.51. The highest BCUT2D eigenvalue weighted by Gasteiger charge is 2.78. The van der Waals surface area contributed by atoms with E-state index in [1.807, 2.05) is 6.07 Å². The Hall–Kier alpha value is -1.39. The van der Waals surface area contributed by atoms with Crippen LogP contribution < -0.4 is 5.32 Å². The van der Waals surface area contributed by atoms with E-state index in [1.54, 1.807) is 0 Å². The van der Waals surface area contributed by atoms with E-state index in [-0.39, 0.29) is 41.0 Å². The number of hydrogen-bond donors (Lipinski definition) is 1. The van der Waals surface area contributed by atoms with E-state index in [1.165, 1.54) is 24.8 Å². The van der Waals surface area contributed by atoms with E-state index >= 15 is 0 Å². The molecule has 4 heteroatoms. The first kappa shape index (κ1) is 17.7. The zero-order chi connectivity index (χ0) is 18.6. The second-order valence-corrected chi connectivity index (χ2v) is 9.49. The van der Waals surface area contributed by atoms with Gasteiger partial charge in [-0.3, -0.25) is 4.79 Å². The van der Waals surface area contributed by atoms with Crippen LogP contribution in [0.3, 0.4) is 0 Å². The molecule has 1 aromatic rings. The maximum atomic E-state index is 12.6. The van der Waals surface area contributed by atoms with Crippen molar-refractivity contribution in [3.05, 3.63) is 35.9 Å². The summed E-state index contributed by atoms with van der Waals surface area (Å²) >= 11 is 0. The minimum atomic E-state index is -0.0613. The molecule has 5 rings (SSSR count). The Balaban J connectivity index is 1.25. The van der Waals surface area contributed by atoms with Crippen molar-refractivity contribution in [2.75, 3.05) is 13.1 Å². The van der Waals surface area contributed by atoms with E-state index in [0.717, 1.165) is 19.4 Å². The van der Waals surface area contributed by atoms with Crippen molar-refractivity contribution in [2.45, 2.75) is 63.8 Å². The number of hydrogen-bond acceptors (Lipinski definition) is 4. The number of benzene rings is 1. The second-order valence-electron chi connectivity index (χ2n) is 9.49. The molecular weight excluding hydrogens is 338 g/mol. The number of rotatable bonds is 5. The molecule has 4 aliphatic rings. The molecule has 2 aliphatic heterocycles. The van der Waals surface area contributed by atoms with Crippen molar-refractivity contribution in [2.24, 2.45) is 23.2 Å². The molecule has 2 aliphatic carbocycles. The lowest BCUT2D eigenvalue weighted by Gasteiger charge is -2.48. The number of epoxide rings is 1.